The number of aliphatic imine (C=N–C) groups is 1. The van der Waals surface area contributed by atoms with Gasteiger partial charge in [-0.2, -0.15) is 4.99 Å². The molecule has 3 aromatic rings. The molecule has 0 aliphatic rings. The van der Waals surface area contributed by atoms with Crippen molar-refractivity contribution >= 4 is 23.1 Å². The van der Waals surface area contributed by atoms with Crippen LogP contribution in [0.5, 0.6) is 0 Å². The summed E-state index contributed by atoms with van der Waals surface area (Å²) in [4.78, 5) is 3.79. The zero-order valence-corrected chi connectivity index (χ0v) is 16.7. The number of hydrogen-bond donors (Lipinski definition) is 0. The summed E-state index contributed by atoms with van der Waals surface area (Å²) in [7, 11) is 0. The first-order valence-electron chi connectivity index (χ1n) is 9.20. The Morgan fingerprint density at radius 2 is 1.50 bits per heavy atom. The summed E-state index contributed by atoms with van der Waals surface area (Å²) in [6.07, 6.45) is 2.23. The third-order valence-corrected chi connectivity index (χ3v) is 4.56. The molecule has 0 bridgehead atoms. The van der Waals surface area contributed by atoms with E-state index in [1.54, 1.807) is 0 Å². The summed E-state index contributed by atoms with van der Waals surface area (Å²) in [6.45, 7) is 3.98. The summed E-state index contributed by atoms with van der Waals surface area (Å²) < 4.78 is 14.2. The molecule has 3 aromatic carbocycles. The fourth-order valence-corrected chi connectivity index (χ4v) is 3.12. The zero-order chi connectivity index (χ0) is 19.9. The molecule has 0 heterocycles. The maximum Gasteiger partial charge on any atom is 0.150 e. The SMILES string of the molecule is CCCc1ccc(C#Cc2ccc(-c3cc(C)c(N=C=S)c(F)c3)cc2)cc1. The van der Waals surface area contributed by atoms with Gasteiger partial charge in [0.1, 0.15) is 5.69 Å². The Bertz CT molecular complexity index is 1060. The molecule has 0 saturated carbocycles. The van der Waals surface area contributed by atoms with Crippen LogP contribution in [0.4, 0.5) is 10.1 Å². The zero-order valence-electron chi connectivity index (χ0n) is 15.9. The van der Waals surface area contributed by atoms with Gasteiger partial charge < -0.3 is 0 Å². The monoisotopic (exact) mass is 385 g/mol. The summed E-state index contributed by atoms with van der Waals surface area (Å²) in [5, 5.41) is 2.22. The van der Waals surface area contributed by atoms with Crippen molar-refractivity contribution in [1.29, 1.82) is 0 Å². The van der Waals surface area contributed by atoms with Crippen molar-refractivity contribution < 1.29 is 4.39 Å². The second kappa shape index (κ2) is 9.24. The van der Waals surface area contributed by atoms with Crippen molar-refractivity contribution in [2.45, 2.75) is 26.7 Å². The number of benzene rings is 3. The van der Waals surface area contributed by atoms with Gasteiger partial charge in [-0.3, -0.25) is 0 Å². The summed E-state index contributed by atoms with van der Waals surface area (Å²) >= 11 is 4.58. The lowest BCUT2D eigenvalue weighted by Crippen LogP contribution is -1.86. The van der Waals surface area contributed by atoms with Crippen LogP contribution in [0.15, 0.2) is 65.7 Å². The van der Waals surface area contributed by atoms with E-state index < -0.39 is 5.82 Å². The van der Waals surface area contributed by atoms with Gasteiger partial charge in [-0.05, 0) is 84.2 Å². The van der Waals surface area contributed by atoms with Gasteiger partial charge in [-0.25, -0.2) is 4.39 Å². The molecule has 0 radical (unpaired) electrons. The highest BCUT2D eigenvalue weighted by molar-refractivity contribution is 7.78. The number of aryl methyl sites for hydroxylation is 2. The van der Waals surface area contributed by atoms with E-state index in [0.29, 0.717) is 0 Å². The molecule has 3 heteroatoms. The van der Waals surface area contributed by atoms with Crippen molar-refractivity contribution in [2.75, 3.05) is 0 Å². The molecule has 0 aliphatic heterocycles. The maximum atomic E-state index is 14.2. The van der Waals surface area contributed by atoms with Crippen LogP contribution in [-0.2, 0) is 6.42 Å². The van der Waals surface area contributed by atoms with E-state index in [4.69, 9.17) is 0 Å². The fourth-order valence-electron chi connectivity index (χ4n) is 3.02. The van der Waals surface area contributed by atoms with Gasteiger partial charge >= 0.3 is 0 Å². The van der Waals surface area contributed by atoms with E-state index in [1.807, 2.05) is 37.3 Å². The molecule has 0 fully saturated rings. The highest BCUT2D eigenvalue weighted by Gasteiger charge is 2.08. The quantitative estimate of drug-likeness (QED) is 0.271. The van der Waals surface area contributed by atoms with E-state index in [1.165, 1.54) is 11.6 Å². The smallest absolute Gasteiger partial charge is 0.150 e. The predicted molar refractivity (Wildman–Crippen MR) is 118 cm³/mol. The van der Waals surface area contributed by atoms with Gasteiger partial charge in [0.25, 0.3) is 0 Å². The van der Waals surface area contributed by atoms with E-state index in [-0.39, 0.29) is 5.69 Å². The lowest BCUT2D eigenvalue weighted by Gasteiger charge is -2.07. The third-order valence-electron chi connectivity index (χ3n) is 4.47. The van der Waals surface area contributed by atoms with Gasteiger partial charge in [0.15, 0.2) is 5.82 Å². The Balaban J connectivity index is 1.80. The first kappa shape index (κ1) is 19.7. The number of halogens is 1. The van der Waals surface area contributed by atoms with Crippen LogP contribution in [0, 0.1) is 24.6 Å². The lowest BCUT2D eigenvalue weighted by atomic mass is 10.0. The van der Waals surface area contributed by atoms with Crippen LogP contribution in [0.1, 0.15) is 35.6 Å². The minimum atomic E-state index is -0.400. The van der Waals surface area contributed by atoms with Gasteiger partial charge in [-0.15, -0.1) is 0 Å². The number of isothiocyanates is 1. The summed E-state index contributed by atoms with van der Waals surface area (Å²) in [6, 6.07) is 19.5. The molecular formula is C25H20FNS. The second-order valence-electron chi connectivity index (χ2n) is 6.60. The molecule has 0 N–H and O–H groups in total. The van der Waals surface area contributed by atoms with Crippen molar-refractivity contribution in [1.82, 2.24) is 0 Å². The van der Waals surface area contributed by atoms with Crippen LogP contribution < -0.4 is 0 Å². The number of rotatable bonds is 4. The molecule has 0 spiro atoms. The molecule has 0 amide bonds. The molecule has 138 valence electrons. The Hall–Kier alpha value is -3.05. The summed E-state index contributed by atoms with van der Waals surface area (Å²) in [5.41, 5.74) is 5.94. The normalized spacial score (nSPS) is 9.96. The maximum absolute atomic E-state index is 14.2. The molecule has 3 rings (SSSR count). The second-order valence-corrected chi connectivity index (χ2v) is 6.78. The topological polar surface area (TPSA) is 12.4 Å². The van der Waals surface area contributed by atoms with Crippen molar-refractivity contribution in [3.05, 3.63) is 88.7 Å². The number of nitrogens with zero attached hydrogens (tertiary/aromatic N) is 1. The Labute approximate surface area is 171 Å². The summed E-state index contributed by atoms with van der Waals surface area (Å²) in [5.74, 6) is 5.97. The van der Waals surface area contributed by atoms with Crippen LogP contribution in [0.3, 0.4) is 0 Å². The molecule has 0 aliphatic carbocycles. The van der Waals surface area contributed by atoms with Gasteiger partial charge in [0.05, 0.1) is 5.16 Å². The molecule has 0 unspecified atom stereocenters. The van der Waals surface area contributed by atoms with Crippen molar-refractivity contribution in [3.63, 3.8) is 0 Å². The third kappa shape index (κ3) is 4.81. The molecule has 1 nitrogen and oxygen atoms in total. The van der Waals surface area contributed by atoms with E-state index in [0.717, 1.165) is 40.7 Å². The minimum Gasteiger partial charge on any atom is -0.205 e. The lowest BCUT2D eigenvalue weighted by molar-refractivity contribution is 0.629. The van der Waals surface area contributed by atoms with Gasteiger partial charge in [0, 0.05) is 11.1 Å². The van der Waals surface area contributed by atoms with Crippen LogP contribution in [-0.4, -0.2) is 5.16 Å². The van der Waals surface area contributed by atoms with Crippen LogP contribution >= 0.6 is 12.2 Å². The van der Waals surface area contributed by atoms with Crippen LogP contribution in [0.25, 0.3) is 11.1 Å². The molecule has 0 aromatic heterocycles. The fraction of sp³-hybridized carbons (Fsp3) is 0.160. The van der Waals surface area contributed by atoms with E-state index >= 15 is 0 Å². The predicted octanol–water partition coefficient (Wildman–Crippen LogP) is 6.89. The van der Waals surface area contributed by atoms with Crippen molar-refractivity contribution in [2.24, 2.45) is 4.99 Å². The number of hydrogen-bond acceptors (Lipinski definition) is 2. The standard InChI is InChI=1S/C25H20FNS/c1-3-4-19-5-7-20(8-6-19)9-10-21-11-13-22(14-12-21)23-15-18(2)25(27-17-28)24(26)16-23/h5-8,11-16H,3-4H2,1-2H3. The molecular weight excluding hydrogens is 365 g/mol. The Kier molecular flexibility index (Phi) is 6.50. The van der Waals surface area contributed by atoms with E-state index in [2.05, 4.69) is 65.4 Å². The van der Waals surface area contributed by atoms with Crippen LogP contribution in [0.2, 0.25) is 0 Å². The average Bonchev–Trinajstić information content (AvgIpc) is 2.71. The van der Waals surface area contributed by atoms with E-state index in [9.17, 15) is 4.39 Å². The molecule has 28 heavy (non-hydrogen) atoms. The number of thiocarbonyl (C=S) groups is 1. The van der Waals surface area contributed by atoms with Gasteiger partial charge in [-0.1, -0.05) is 49.5 Å². The Morgan fingerprint density at radius 1 is 0.893 bits per heavy atom. The average molecular weight is 386 g/mol. The Morgan fingerprint density at radius 3 is 2.04 bits per heavy atom. The van der Waals surface area contributed by atoms with Crippen molar-refractivity contribution in [3.8, 4) is 23.0 Å². The highest BCUT2D eigenvalue weighted by atomic mass is 32.1. The largest absolute Gasteiger partial charge is 0.205 e. The highest BCUT2D eigenvalue weighted by Crippen LogP contribution is 2.29. The molecule has 0 saturated heterocycles. The molecule has 0 atom stereocenters. The minimum absolute atomic E-state index is 0.242. The first-order valence-corrected chi connectivity index (χ1v) is 9.61. The first-order chi connectivity index (χ1) is 13.6. The van der Waals surface area contributed by atoms with Gasteiger partial charge in [0.2, 0.25) is 0 Å².